The molecule has 0 aliphatic rings. The van der Waals surface area contributed by atoms with Crippen molar-refractivity contribution in [2.45, 2.75) is 13.8 Å². The molecule has 0 bridgehead atoms. The molecule has 0 aliphatic heterocycles. The number of hydrogen-bond acceptors (Lipinski definition) is 1. The van der Waals surface area contributed by atoms with E-state index >= 15 is 0 Å². The molecular formula is C11H11NO2. The first-order valence-electron chi connectivity index (χ1n) is 4.42. The number of fused-ring (bicyclic) bond motifs is 1. The van der Waals surface area contributed by atoms with Crippen LogP contribution in [0.2, 0.25) is 0 Å². The van der Waals surface area contributed by atoms with Crippen molar-refractivity contribution in [1.29, 1.82) is 0 Å². The Hall–Kier alpha value is -1.77. The SMILES string of the molecule is Cc1ccc2c(C(=O)O)c[nH]c2c1C. The molecule has 0 atom stereocenters. The Morgan fingerprint density at radius 3 is 2.71 bits per heavy atom. The van der Waals surface area contributed by atoms with Gasteiger partial charge in [-0.05, 0) is 25.0 Å². The fourth-order valence-electron chi connectivity index (χ4n) is 1.63. The molecule has 1 aromatic heterocycles. The van der Waals surface area contributed by atoms with Gasteiger partial charge in [-0.15, -0.1) is 0 Å². The van der Waals surface area contributed by atoms with E-state index in [2.05, 4.69) is 4.98 Å². The summed E-state index contributed by atoms with van der Waals surface area (Å²) in [5, 5.41) is 9.69. The van der Waals surface area contributed by atoms with Crippen LogP contribution in [-0.2, 0) is 0 Å². The average molecular weight is 189 g/mol. The molecule has 0 amide bonds. The number of benzene rings is 1. The summed E-state index contributed by atoms with van der Waals surface area (Å²) >= 11 is 0. The zero-order valence-corrected chi connectivity index (χ0v) is 8.09. The van der Waals surface area contributed by atoms with Crippen LogP contribution in [0.4, 0.5) is 0 Å². The van der Waals surface area contributed by atoms with Crippen molar-refractivity contribution in [3.8, 4) is 0 Å². The highest BCUT2D eigenvalue weighted by molar-refractivity contribution is 6.04. The van der Waals surface area contributed by atoms with Crippen molar-refractivity contribution in [1.82, 2.24) is 4.98 Å². The van der Waals surface area contributed by atoms with E-state index in [4.69, 9.17) is 5.11 Å². The lowest BCUT2D eigenvalue weighted by Crippen LogP contribution is -1.93. The molecule has 3 nitrogen and oxygen atoms in total. The highest BCUT2D eigenvalue weighted by Crippen LogP contribution is 2.23. The van der Waals surface area contributed by atoms with Gasteiger partial charge in [0.1, 0.15) is 0 Å². The third-order valence-electron chi connectivity index (χ3n) is 2.62. The molecule has 2 rings (SSSR count). The Kier molecular flexibility index (Phi) is 1.81. The lowest BCUT2D eigenvalue weighted by atomic mass is 10.1. The van der Waals surface area contributed by atoms with E-state index in [1.165, 1.54) is 0 Å². The van der Waals surface area contributed by atoms with Gasteiger partial charge in [0, 0.05) is 17.1 Å². The third kappa shape index (κ3) is 1.09. The van der Waals surface area contributed by atoms with E-state index in [0.717, 1.165) is 22.0 Å². The van der Waals surface area contributed by atoms with E-state index in [1.54, 1.807) is 6.20 Å². The molecule has 72 valence electrons. The fourth-order valence-corrected chi connectivity index (χ4v) is 1.63. The van der Waals surface area contributed by atoms with Crippen LogP contribution < -0.4 is 0 Å². The summed E-state index contributed by atoms with van der Waals surface area (Å²) in [6, 6.07) is 3.79. The maximum atomic E-state index is 10.9. The predicted octanol–water partition coefficient (Wildman–Crippen LogP) is 2.48. The van der Waals surface area contributed by atoms with Gasteiger partial charge in [0.25, 0.3) is 0 Å². The summed E-state index contributed by atoms with van der Waals surface area (Å²) in [6.45, 7) is 4.00. The quantitative estimate of drug-likeness (QED) is 0.724. The first-order valence-corrected chi connectivity index (χ1v) is 4.42. The minimum Gasteiger partial charge on any atom is -0.478 e. The standard InChI is InChI=1S/C11H11NO2/c1-6-3-4-8-9(11(13)14)5-12-10(8)7(6)2/h3-5,12H,1-2H3,(H,13,14). The van der Waals surface area contributed by atoms with E-state index in [1.807, 2.05) is 26.0 Å². The monoisotopic (exact) mass is 189 g/mol. The zero-order chi connectivity index (χ0) is 10.3. The van der Waals surface area contributed by atoms with Crippen LogP contribution in [0.25, 0.3) is 10.9 Å². The van der Waals surface area contributed by atoms with Gasteiger partial charge in [0.15, 0.2) is 0 Å². The van der Waals surface area contributed by atoms with Crippen molar-refractivity contribution in [3.05, 3.63) is 35.0 Å². The summed E-state index contributed by atoms with van der Waals surface area (Å²) in [5.74, 6) is -0.889. The Balaban J connectivity index is 2.83. The number of aromatic carboxylic acids is 1. The molecule has 1 heterocycles. The van der Waals surface area contributed by atoms with Crippen LogP contribution >= 0.6 is 0 Å². The van der Waals surface area contributed by atoms with Gasteiger partial charge in [0.05, 0.1) is 5.56 Å². The van der Waals surface area contributed by atoms with Crippen molar-refractivity contribution in [2.24, 2.45) is 0 Å². The maximum Gasteiger partial charge on any atom is 0.337 e. The number of aryl methyl sites for hydroxylation is 2. The number of aromatic amines is 1. The highest BCUT2D eigenvalue weighted by Gasteiger charge is 2.11. The molecule has 0 unspecified atom stereocenters. The van der Waals surface area contributed by atoms with Gasteiger partial charge < -0.3 is 10.1 Å². The largest absolute Gasteiger partial charge is 0.478 e. The Morgan fingerprint density at radius 1 is 1.36 bits per heavy atom. The first kappa shape index (κ1) is 8.81. The summed E-state index contributed by atoms with van der Waals surface area (Å²) in [4.78, 5) is 13.9. The van der Waals surface area contributed by atoms with Crippen LogP contribution in [0.5, 0.6) is 0 Å². The van der Waals surface area contributed by atoms with Gasteiger partial charge in [-0.3, -0.25) is 0 Å². The second-order valence-electron chi connectivity index (χ2n) is 3.44. The minimum absolute atomic E-state index is 0.336. The number of hydrogen-bond donors (Lipinski definition) is 2. The summed E-state index contributed by atoms with van der Waals surface area (Å²) in [5.41, 5.74) is 3.52. The van der Waals surface area contributed by atoms with Gasteiger partial charge in [0.2, 0.25) is 0 Å². The molecule has 0 fully saturated rings. The Morgan fingerprint density at radius 2 is 2.07 bits per heavy atom. The zero-order valence-electron chi connectivity index (χ0n) is 8.09. The van der Waals surface area contributed by atoms with Crippen LogP contribution in [0, 0.1) is 13.8 Å². The van der Waals surface area contributed by atoms with Crippen LogP contribution in [-0.4, -0.2) is 16.1 Å². The molecule has 14 heavy (non-hydrogen) atoms. The number of H-pyrrole nitrogens is 1. The molecular weight excluding hydrogens is 178 g/mol. The summed E-state index contributed by atoms with van der Waals surface area (Å²) < 4.78 is 0. The number of rotatable bonds is 1. The van der Waals surface area contributed by atoms with Gasteiger partial charge in [-0.1, -0.05) is 12.1 Å². The number of nitrogens with one attached hydrogen (secondary N) is 1. The molecule has 1 aromatic carbocycles. The van der Waals surface area contributed by atoms with Gasteiger partial charge in [-0.2, -0.15) is 0 Å². The second-order valence-corrected chi connectivity index (χ2v) is 3.44. The van der Waals surface area contributed by atoms with Crippen LogP contribution in [0.15, 0.2) is 18.3 Å². The van der Waals surface area contributed by atoms with Crippen molar-refractivity contribution >= 4 is 16.9 Å². The van der Waals surface area contributed by atoms with Crippen molar-refractivity contribution < 1.29 is 9.90 Å². The number of aromatic nitrogens is 1. The number of carbonyl (C=O) groups is 1. The molecule has 2 N–H and O–H groups in total. The van der Waals surface area contributed by atoms with Gasteiger partial charge in [-0.25, -0.2) is 4.79 Å². The summed E-state index contributed by atoms with van der Waals surface area (Å²) in [6.07, 6.45) is 1.54. The van der Waals surface area contributed by atoms with E-state index in [-0.39, 0.29) is 0 Å². The predicted molar refractivity (Wildman–Crippen MR) is 54.7 cm³/mol. The minimum atomic E-state index is -0.889. The molecule has 0 saturated heterocycles. The number of carboxylic acids is 1. The highest BCUT2D eigenvalue weighted by atomic mass is 16.4. The molecule has 0 saturated carbocycles. The lowest BCUT2D eigenvalue weighted by Gasteiger charge is -2.00. The topological polar surface area (TPSA) is 53.1 Å². The Bertz CT molecular complexity index is 511. The Labute approximate surface area is 81.4 Å². The molecule has 3 heteroatoms. The normalized spacial score (nSPS) is 10.7. The second kappa shape index (κ2) is 2.87. The van der Waals surface area contributed by atoms with Crippen LogP contribution in [0.1, 0.15) is 21.5 Å². The van der Waals surface area contributed by atoms with Crippen molar-refractivity contribution in [3.63, 3.8) is 0 Å². The van der Waals surface area contributed by atoms with Crippen LogP contribution in [0.3, 0.4) is 0 Å². The lowest BCUT2D eigenvalue weighted by molar-refractivity contribution is 0.0699. The van der Waals surface area contributed by atoms with E-state index in [0.29, 0.717) is 5.56 Å². The van der Waals surface area contributed by atoms with Gasteiger partial charge >= 0.3 is 5.97 Å². The smallest absolute Gasteiger partial charge is 0.337 e. The molecule has 0 radical (unpaired) electrons. The average Bonchev–Trinajstić information content (AvgIpc) is 2.55. The fraction of sp³-hybridized carbons (Fsp3) is 0.182. The molecule has 0 spiro atoms. The third-order valence-corrected chi connectivity index (χ3v) is 2.62. The number of carboxylic acid groups (broad SMARTS) is 1. The van der Waals surface area contributed by atoms with E-state index < -0.39 is 5.97 Å². The van der Waals surface area contributed by atoms with Crippen molar-refractivity contribution in [2.75, 3.05) is 0 Å². The molecule has 0 aliphatic carbocycles. The van der Waals surface area contributed by atoms with E-state index in [9.17, 15) is 4.79 Å². The molecule has 2 aromatic rings. The summed E-state index contributed by atoms with van der Waals surface area (Å²) in [7, 11) is 0. The first-order chi connectivity index (χ1) is 6.61. The maximum absolute atomic E-state index is 10.9.